The van der Waals surface area contributed by atoms with Crippen LogP contribution in [0.5, 0.6) is 0 Å². The molecule has 3 N–H and O–H groups in total. The number of anilines is 6. The fourth-order valence-electron chi connectivity index (χ4n) is 10.1. The minimum Gasteiger partial charge on any atom is -0.442 e. The molecule has 0 aliphatic carbocycles. The number of carbonyl (C=O) groups is 6. The number of thiophene rings is 3. The molecule has 512 valence electrons. The normalized spacial score (nSPS) is 19.3. The molecule has 0 saturated carbocycles. The average Bonchev–Trinajstić information content (AvgIpc) is 1.57. The Hall–Kier alpha value is -5.33. The molecule has 6 aliphatic rings. The molecule has 6 aliphatic heterocycles. The molecular weight excluding hydrogens is 1560 g/mol. The Labute approximate surface area is 605 Å². The van der Waals surface area contributed by atoms with E-state index >= 15 is 0 Å². The second-order valence-electron chi connectivity index (χ2n) is 21.1. The molecular formula is C57H57Cl3F3IN9NaO17S5. The summed E-state index contributed by atoms with van der Waals surface area (Å²) in [6.45, 7) is 4.87. The van der Waals surface area contributed by atoms with Gasteiger partial charge in [-0.3, -0.25) is 47.0 Å². The molecule has 3 aromatic heterocycles. The van der Waals surface area contributed by atoms with Gasteiger partial charge < -0.3 is 49.6 Å². The maximum absolute atomic E-state index is 14.7. The number of rotatable bonds is 15. The summed E-state index contributed by atoms with van der Waals surface area (Å²) in [6.07, 6.45) is -3.44. The first-order chi connectivity index (χ1) is 45.1. The Morgan fingerprint density at radius 2 is 0.823 bits per heavy atom. The largest absolute Gasteiger partial charge is 1.00 e. The van der Waals surface area contributed by atoms with Crippen molar-refractivity contribution in [1.82, 2.24) is 16.0 Å². The summed E-state index contributed by atoms with van der Waals surface area (Å²) in [5.74, 6) is -1.27. The SMILES string of the molecule is O=C(NC[C@H]1CN(c2ccc(N3CCOCC3)c(F)c2)C(=O)O1)c1ccc(Cl)s1.O=C(NC[C@H]1CN(c2ccc(N3CCS(=O)(=O)CC3)c(F)c2)C(=O)O1)c1ccc(Cl)s1.O=C(NC[C@H]1CN(c2ccc(N3CCS(=O)CC3)c(F)c2)C(=O)O1)c1ccc(Cl)s1.[Na+].[O-][I+3]([O-])([O-])[O-]. The van der Waals surface area contributed by atoms with Crippen molar-refractivity contribution < 1.29 is 137 Å². The van der Waals surface area contributed by atoms with Crippen molar-refractivity contribution >= 4 is 160 Å². The average molecular weight is 1610 g/mol. The van der Waals surface area contributed by atoms with Crippen LogP contribution in [0.3, 0.4) is 0 Å². The second-order valence-corrected chi connectivity index (χ2v) is 32.5. The van der Waals surface area contributed by atoms with Gasteiger partial charge in [0.25, 0.3) is 17.7 Å². The van der Waals surface area contributed by atoms with Crippen LogP contribution in [0.4, 0.5) is 61.7 Å². The van der Waals surface area contributed by atoms with Crippen LogP contribution in [0.25, 0.3) is 0 Å². The van der Waals surface area contributed by atoms with Gasteiger partial charge >= 0.3 is 47.8 Å². The molecule has 3 aromatic carbocycles. The number of hydrogen-bond donors (Lipinski definition) is 3. The van der Waals surface area contributed by atoms with E-state index in [1.807, 2.05) is 9.80 Å². The maximum Gasteiger partial charge on any atom is 1.00 e. The van der Waals surface area contributed by atoms with Gasteiger partial charge in [0, 0.05) is 61.6 Å². The molecule has 0 spiro atoms. The van der Waals surface area contributed by atoms with E-state index in [9.17, 15) is 54.6 Å². The number of amides is 6. The fraction of sp³-hybridized carbons (Fsp3) is 0.368. The van der Waals surface area contributed by atoms with Gasteiger partial charge in [0.2, 0.25) is 0 Å². The standard InChI is InChI=1S/C19H19ClFN3O5S2.C19H19ClFN3O4S2.C19H19ClFN3O4S.IO4.Na/c20-17-4-3-16(30-17)18(25)22-10-13-11-24(19(26)29-13)12-1-2-15(14(21)9-12)23-5-7-31(27,28)8-6-23;20-17-4-3-16(29-17)18(25)22-10-13-11-24(19(26)28-13)12-1-2-15(14(21)9-12)23-5-7-30(27)8-6-23;20-17-4-3-16(29-17)18(25)22-10-13-11-24(19(26)28-13)12-1-2-15(14(21)9-12)23-5-7-27-8-6-23;2-1(3,4)5;/h1-4,9,13H,5-8,10-11H2,(H,22,25);1-4,9,13H,5-8,10-11H2,(H,22,25);1-4,9,13H,5-8,10-11H2,(H,22,25);;/q;;;-1;+1/t3*13-;;/m000../s1. The van der Waals surface area contributed by atoms with Crippen LogP contribution in [0.2, 0.25) is 13.0 Å². The minimum atomic E-state index is -5.94. The minimum absolute atomic E-state index is 0. The summed E-state index contributed by atoms with van der Waals surface area (Å²) in [4.78, 5) is 83.9. The molecule has 39 heteroatoms. The number of halogens is 7. The van der Waals surface area contributed by atoms with Crippen LogP contribution in [-0.2, 0) is 39.6 Å². The zero-order chi connectivity index (χ0) is 68.3. The maximum atomic E-state index is 14.7. The van der Waals surface area contributed by atoms with Crippen molar-refractivity contribution in [1.29, 1.82) is 0 Å². The third kappa shape index (κ3) is 21.6. The Morgan fingerprint density at radius 1 is 0.521 bits per heavy atom. The summed E-state index contributed by atoms with van der Waals surface area (Å²) >= 11 is 15.0. The number of nitrogens with zero attached hydrogens (tertiary/aromatic N) is 6. The van der Waals surface area contributed by atoms with Gasteiger partial charge in [-0.25, -0.2) is 36.0 Å². The number of sulfone groups is 1. The van der Waals surface area contributed by atoms with Gasteiger partial charge in [-0.05, 0) is 91.0 Å². The molecule has 26 nitrogen and oxygen atoms in total. The summed E-state index contributed by atoms with van der Waals surface area (Å²) in [5, 5.41) is 8.14. The van der Waals surface area contributed by atoms with Gasteiger partial charge in [0.15, 0.2) is 9.84 Å². The van der Waals surface area contributed by atoms with E-state index in [-0.39, 0.29) is 111 Å². The molecule has 6 fully saturated rings. The van der Waals surface area contributed by atoms with Crippen LogP contribution < -0.4 is 109 Å². The molecule has 96 heavy (non-hydrogen) atoms. The van der Waals surface area contributed by atoms with Gasteiger partial charge in [0.1, 0.15) is 55.9 Å². The first-order valence-corrected chi connectivity index (χ1v) is 39.0. The van der Waals surface area contributed by atoms with E-state index in [4.69, 9.17) is 67.5 Å². The first-order valence-electron chi connectivity index (χ1n) is 28.6. The van der Waals surface area contributed by atoms with Crippen molar-refractivity contribution in [2.45, 2.75) is 18.3 Å². The Kier molecular flexibility index (Phi) is 27.6. The summed E-state index contributed by atoms with van der Waals surface area (Å²) < 4.78 is 136. The van der Waals surface area contributed by atoms with Crippen molar-refractivity contribution in [3.8, 4) is 0 Å². The number of cyclic esters (lactones) is 3. The number of nitrogens with one attached hydrogen (secondary N) is 3. The van der Waals surface area contributed by atoms with Crippen LogP contribution in [-0.4, -0.2) is 182 Å². The van der Waals surface area contributed by atoms with Crippen LogP contribution in [0, 0.1) is 17.5 Å². The first kappa shape index (κ1) is 76.4. The third-order valence-electron chi connectivity index (χ3n) is 14.8. The van der Waals surface area contributed by atoms with E-state index in [0.717, 1.165) is 22.7 Å². The monoisotopic (exact) mass is 1610 g/mol. The van der Waals surface area contributed by atoms with E-state index in [1.54, 1.807) is 71.6 Å². The van der Waals surface area contributed by atoms with E-state index in [1.165, 1.54) is 50.3 Å². The molecule has 0 radical (unpaired) electrons. The second kappa shape index (κ2) is 34.6. The van der Waals surface area contributed by atoms with Gasteiger partial charge in [-0.1, -0.05) is 34.8 Å². The molecule has 0 bridgehead atoms. The third-order valence-corrected chi connectivity index (χ3v) is 21.3. The van der Waals surface area contributed by atoms with E-state index in [2.05, 4.69) is 16.0 Å². The predicted molar refractivity (Wildman–Crippen MR) is 341 cm³/mol. The quantitative estimate of drug-likeness (QED) is 0.0557. The van der Waals surface area contributed by atoms with Gasteiger partial charge in [-0.2, -0.15) is 0 Å². The molecule has 0 unspecified atom stereocenters. The topological polar surface area (TPSA) is 338 Å². The Balaban J connectivity index is 0.000000177. The van der Waals surface area contributed by atoms with Crippen molar-refractivity contribution in [3.05, 3.63) is 136 Å². The van der Waals surface area contributed by atoms with Crippen molar-refractivity contribution in [3.63, 3.8) is 0 Å². The van der Waals surface area contributed by atoms with Crippen LogP contribution in [0.1, 0.15) is 29.0 Å². The molecule has 3 atom stereocenters. The smallest absolute Gasteiger partial charge is 0.442 e. The molecule has 6 aromatic rings. The predicted octanol–water partition coefficient (Wildman–Crippen LogP) is -2.22. The van der Waals surface area contributed by atoms with Gasteiger partial charge in [0.05, 0.1) is 126 Å². The fourth-order valence-corrected chi connectivity index (χ4v) is 15.2. The summed E-state index contributed by atoms with van der Waals surface area (Å²) in [7, 11) is -3.91. The van der Waals surface area contributed by atoms with Crippen LogP contribution in [0.15, 0.2) is 91.0 Å². The number of hydrogen-bond acceptors (Lipinski definition) is 23. The van der Waals surface area contributed by atoms with E-state index in [0.29, 0.717) is 113 Å². The zero-order valence-corrected chi connectivity index (χ0v) is 60.9. The van der Waals surface area contributed by atoms with Crippen molar-refractivity contribution in [2.24, 2.45) is 0 Å². The molecule has 6 saturated heterocycles. The molecule has 9 heterocycles. The van der Waals surface area contributed by atoms with Crippen LogP contribution >= 0.6 is 68.8 Å². The van der Waals surface area contributed by atoms with Gasteiger partial charge in [-0.15, -0.1) is 34.0 Å². The molecule has 6 amide bonds. The summed E-state index contributed by atoms with van der Waals surface area (Å²) in [6, 6.07) is 23.4. The van der Waals surface area contributed by atoms with Crippen molar-refractivity contribution in [2.75, 3.05) is 144 Å². The number of carbonyl (C=O) groups excluding carboxylic acids is 6. The zero-order valence-electron chi connectivity index (χ0n) is 50.4. The Bertz CT molecular complexity index is 3900. The number of morpholine rings is 1. The Morgan fingerprint density at radius 3 is 1.11 bits per heavy atom. The number of ether oxygens (including phenoxy) is 4. The summed E-state index contributed by atoms with van der Waals surface area (Å²) in [5.41, 5.74) is 2.35. The molecule has 12 rings (SSSR count). The number of benzene rings is 3. The van der Waals surface area contributed by atoms with E-state index < -0.39 is 94.8 Å².